The van der Waals surface area contributed by atoms with Crippen LogP contribution in [0, 0.1) is 0 Å². The van der Waals surface area contributed by atoms with Gasteiger partial charge >= 0.3 is 0 Å². The second kappa shape index (κ2) is 5.24. The van der Waals surface area contributed by atoms with Gasteiger partial charge in [-0.05, 0) is 19.4 Å². The van der Waals surface area contributed by atoms with Crippen molar-refractivity contribution in [3.8, 4) is 11.5 Å². The molecular weight excluding hydrogens is 254 g/mol. The molecule has 2 N–H and O–H groups in total. The number of aromatic amines is 1. The summed E-state index contributed by atoms with van der Waals surface area (Å²) in [6, 6.07) is 2.53. The van der Waals surface area contributed by atoms with E-state index in [4.69, 9.17) is 0 Å². The first kappa shape index (κ1) is 13.1. The van der Waals surface area contributed by atoms with Crippen molar-refractivity contribution in [2.24, 2.45) is 7.05 Å². The Morgan fingerprint density at radius 2 is 2.30 bits per heavy atom. The molecule has 1 fully saturated rings. The topological polar surface area (TPSA) is 74.7 Å². The van der Waals surface area contributed by atoms with Crippen molar-refractivity contribution in [3.05, 3.63) is 11.8 Å². The van der Waals surface area contributed by atoms with Gasteiger partial charge in [0.05, 0.1) is 5.69 Å². The van der Waals surface area contributed by atoms with Gasteiger partial charge in [0.2, 0.25) is 5.95 Å². The van der Waals surface area contributed by atoms with Gasteiger partial charge in [0.25, 0.3) is 0 Å². The smallest absolute Gasteiger partial charge is 0.245 e. The fourth-order valence-corrected chi connectivity index (χ4v) is 2.54. The molecule has 7 nitrogen and oxygen atoms in total. The molecule has 0 aliphatic carbocycles. The highest BCUT2D eigenvalue weighted by molar-refractivity contribution is 5.52. The van der Waals surface area contributed by atoms with E-state index in [0.29, 0.717) is 6.04 Å². The number of anilines is 1. The van der Waals surface area contributed by atoms with Gasteiger partial charge in [0.1, 0.15) is 5.69 Å². The molecule has 3 heterocycles. The first-order valence-electron chi connectivity index (χ1n) is 7.11. The summed E-state index contributed by atoms with van der Waals surface area (Å²) in [5.41, 5.74) is 2.04. The van der Waals surface area contributed by atoms with Crippen LogP contribution in [0.1, 0.15) is 19.5 Å². The number of hydrogen-bond donors (Lipinski definition) is 2. The van der Waals surface area contributed by atoms with Crippen molar-refractivity contribution in [3.63, 3.8) is 0 Å². The molecule has 20 heavy (non-hydrogen) atoms. The van der Waals surface area contributed by atoms with Crippen molar-refractivity contribution < 1.29 is 0 Å². The largest absolute Gasteiger partial charge is 0.337 e. The van der Waals surface area contributed by atoms with Crippen LogP contribution in [0.5, 0.6) is 0 Å². The second-order valence-electron chi connectivity index (χ2n) is 5.28. The van der Waals surface area contributed by atoms with E-state index < -0.39 is 0 Å². The van der Waals surface area contributed by atoms with Crippen molar-refractivity contribution >= 4 is 5.95 Å². The standard InChI is InChI=1S/C13H21N7/c1-4-10-7-11(19(3)18-10)12-15-13(17-16-12)20-6-5-14-9(2)8-20/h7,9,14H,4-6,8H2,1-3H3,(H,15,16,17). The summed E-state index contributed by atoms with van der Waals surface area (Å²) >= 11 is 0. The second-order valence-corrected chi connectivity index (χ2v) is 5.28. The lowest BCUT2D eigenvalue weighted by Crippen LogP contribution is -2.49. The summed E-state index contributed by atoms with van der Waals surface area (Å²) in [6.45, 7) is 7.11. The Hall–Kier alpha value is -1.89. The zero-order chi connectivity index (χ0) is 14.1. The van der Waals surface area contributed by atoms with E-state index in [1.54, 1.807) is 0 Å². The van der Waals surface area contributed by atoms with Gasteiger partial charge in [-0.3, -0.25) is 9.78 Å². The highest BCUT2D eigenvalue weighted by Gasteiger charge is 2.20. The highest BCUT2D eigenvalue weighted by Crippen LogP contribution is 2.19. The summed E-state index contributed by atoms with van der Waals surface area (Å²) in [5, 5.41) is 15.2. The Kier molecular flexibility index (Phi) is 3.43. The monoisotopic (exact) mass is 275 g/mol. The minimum Gasteiger partial charge on any atom is -0.337 e. The number of nitrogens with one attached hydrogen (secondary N) is 2. The quantitative estimate of drug-likeness (QED) is 0.856. The minimum absolute atomic E-state index is 0.467. The molecule has 1 atom stereocenters. The fraction of sp³-hybridized carbons (Fsp3) is 0.615. The van der Waals surface area contributed by atoms with Crippen LogP contribution in [0.4, 0.5) is 5.95 Å². The SMILES string of the molecule is CCc1cc(-c2nc(N3CCNC(C)C3)n[nH]2)n(C)n1. The van der Waals surface area contributed by atoms with Crippen molar-refractivity contribution in [2.75, 3.05) is 24.5 Å². The zero-order valence-corrected chi connectivity index (χ0v) is 12.2. The third kappa shape index (κ3) is 2.40. The molecule has 1 saturated heterocycles. The molecular formula is C13H21N7. The normalized spacial score (nSPS) is 19.6. The highest BCUT2D eigenvalue weighted by atomic mass is 15.4. The molecule has 0 aromatic carbocycles. The van der Waals surface area contributed by atoms with Crippen LogP contribution in [0.2, 0.25) is 0 Å². The van der Waals surface area contributed by atoms with Crippen LogP contribution in [0.3, 0.4) is 0 Å². The number of aromatic nitrogens is 5. The Morgan fingerprint density at radius 3 is 3.00 bits per heavy atom. The average Bonchev–Trinajstić information content (AvgIpc) is 3.05. The van der Waals surface area contributed by atoms with Gasteiger partial charge in [-0.1, -0.05) is 6.92 Å². The number of aryl methyl sites for hydroxylation is 2. The Labute approximate surface area is 118 Å². The van der Waals surface area contributed by atoms with E-state index >= 15 is 0 Å². The minimum atomic E-state index is 0.467. The Morgan fingerprint density at radius 1 is 1.45 bits per heavy atom. The van der Waals surface area contributed by atoms with Gasteiger partial charge in [0.15, 0.2) is 5.82 Å². The number of rotatable bonds is 3. The molecule has 2 aromatic heterocycles. The van der Waals surface area contributed by atoms with Gasteiger partial charge in [0, 0.05) is 32.7 Å². The van der Waals surface area contributed by atoms with Gasteiger partial charge in [-0.2, -0.15) is 10.1 Å². The molecule has 0 radical (unpaired) electrons. The van der Waals surface area contributed by atoms with Crippen LogP contribution in [-0.2, 0) is 13.5 Å². The van der Waals surface area contributed by atoms with Gasteiger partial charge in [-0.25, -0.2) is 0 Å². The van der Waals surface area contributed by atoms with Crippen LogP contribution < -0.4 is 10.2 Å². The number of nitrogens with zero attached hydrogens (tertiary/aromatic N) is 5. The maximum atomic E-state index is 4.62. The summed E-state index contributed by atoms with van der Waals surface area (Å²) in [4.78, 5) is 6.82. The van der Waals surface area contributed by atoms with E-state index in [-0.39, 0.29) is 0 Å². The predicted molar refractivity (Wildman–Crippen MR) is 77.6 cm³/mol. The average molecular weight is 275 g/mol. The molecule has 3 rings (SSSR count). The third-order valence-corrected chi connectivity index (χ3v) is 3.66. The molecule has 0 amide bonds. The first-order chi connectivity index (χ1) is 9.67. The Balaban J connectivity index is 1.84. The summed E-state index contributed by atoms with van der Waals surface area (Å²) in [6.07, 6.45) is 0.921. The molecule has 0 saturated carbocycles. The van der Waals surface area contributed by atoms with Crippen LogP contribution in [0.25, 0.3) is 11.5 Å². The molecule has 1 aliphatic heterocycles. The number of hydrogen-bond acceptors (Lipinski definition) is 5. The van der Waals surface area contributed by atoms with E-state index in [9.17, 15) is 0 Å². The van der Waals surface area contributed by atoms with Crippen LogP contribution in [-0.4, -0.2) is 50.6 Å². The zero-order valence-electron chi connectivity index (χ0n) is 12.2. The maximum Gasteiger partial charge on any atom is 0.245 e. The first-order valence-corrected chi connectivity index (χ1v) is 7.11. The number of piperazine rings is 1. The number of H-pyrrole nitrogens is 1. The molecule has 108 valence electrons. The lowest BCUT2D eigenvalue weighted by molar-refractivity contribution is 0.480. The molecule has 7 heteroatoms. The van der Waals surface area contributed by atoms with E-state index in [2.05, 4.69) is 50.4 Å². The molecule has 0 spiro atoms. The van der Waals surface area contributed by atoms with Gasteiger partial charge < -0.3 is 10.2 Å². The van der Waals surface area contributed by atoms with E-state index in [1.807, 2.05) is 11.7 Å². The molecule has 1 unspecified atom stereocenters. The lowest BCUT2D eigenvalue weighted by Gasteiger charge is -2.30. The van der Waals surface area contributed by atoms with Crippen LogP contribution >= 0.6 is 0 Å². The van der Waals surface area contributed by atoms with Crippen molar-refractivity contribution in [1.82, 2.24) is 30.3 Å². The van der Waals surface area contributed by atoms with Crippen molar-refractivity contribution in [1.29, 1.82) is 0 Å². The van der Waals surface area contributed by atoms with Crippen LogP contribution in [0.15, 0.2) is 6.07 Å². The molecule has 2 aromatic rings. The third-order valence-electron chi connectivity index (χ3n) is 3.66. The predicted octanol–water partition coefficient (Wildman–Crippen LogP) is 0.566. The van der Waals surface area contributed by atoms with E-state index in [0.717, 1.165) is 49.2 Å². The maximum absolute atomic E-state index is 4.62. The van der Waals surface area contributed by atoms with Crippen molar-refractivity contribution in [2.45, 2.75) is 26.3 Å². The van der Waals surface area contributed by atoms with E-state index in [1.165, 1.54) is 0 Å². The fourth-order valence-electron chi connectivity index (χ4n) is 2.54. The lowest BCUT2D eigenvalue weighted by atomic mass is 10.2. The summed E-state index contributed by atoms with van der Waals surface area (Å²) in [5.74, 6) is 1.55. The molecule has 0 bridgehead atoms. The van der Waals surface area contributed by atoms with Gasteiger partial charge in [-0.15, -0.1) is 5.10 Å². The molecule has 1 aliphatic rings. The summed E-state index contributed by atoms with van der Waals surface area (Å²) in [7, 11) is 1.93. The Bertz CT molecular complexity index is 585. The summed E-state index contributed by atoms with van der Waals surface area (Å²) < 4.78 is 1.85.